The van der Waals surface area contributed by atoms with Crippen LogP contribution in [0.1, 0.15) is 6.42 Å². The van der Waals surface area contributed by atoms with Crippen LogP contribution in [-0.4, -0.2) is 36.7 Å². The van der Waals surface area contributed by atoms with E-state index in [1.807, 2.05) is 0 Å². The maximum atomic E-state index is 5.45. The van der Waals surface area contributed by atoms with E-state index in [0.29, 0.717) is 5.60 Å². The number of fused-ring (bicyclic) bond motifs is 3. The highest BCUT2D eigenvalue weighted by Crippen LogP contribution is 2.46. The lowest BCUT2D eigenvalue weighted by molar-refractivity contribution is 0.215. The van der Waals surface area contributed by atoms with Gasteiger partial charge in [-0.3, -0.25) is 4.90 Å². The minimum Gasteiger partial charge on any atom is -0.368 e. The minimum atomic E-state index is 0.387. The topological polar surface area (TPSA) is 15.8 Å². The first kappa shape index (κ1) is 4.69. The molecule has 9 heavy (non-hydrogen) atoms. The molecule has 2 nitrogen and oxygen atoms in total. The first-order valence-electron chi connectivity index (χ1n) is 3.75. The van der Waals surface area contributed by atoms with E-state index in [0.717, 1.165) is 12.5 Å². The molecule has 0 aliphatic carbocycles. The van der Waals surface area contributed by atoms with Crippen molar-refractivity contribution in [2.24, 2.45) is 5.92 Å². The summed E-state index contributed by atoms with van der Waals surface area (Å²) in [5.74, 6) is 0.900. The molecule has 0 radical (unpaired) electrons. The smallest absolute Gasteiger partial charge is 0.108 e. The largest absolute Gasteiger partial charge is 0.368 e. The second-order valence-electron chi connectivity index (χ2n) is 3.57. The fourth-order valence-electron chi connectivity index (χ4n) is 2.33. The van der Waals surface area contributed by atoms with Crippen LogP contribution in [0.4, 0.5) is 0 Å². The summed E-state index contributed by atoms with van der Waals surface area (Å²) in [6.07, 6.45) is 1.39. The quantitative estimate of drug-likeness (QED) is 0.426. The molecule has 0 aromatic heterocycles. The number of ether oxygens (including phenoxy) is 1. The number of hydrogen-bond acceptors (Lipinski definition) is 2. The summed E-state index contributed by atoms with van der Waals surface area (Å²) in [7, 11) is 0. The molecule has 1 spiro atoms. The van der Waals surface area contributed by atoms with Gasteiger partial charge < -0.3 is 4.74 Å². The normalized spacial score (nSPS) is 61.3. The lowest BCUT2D eigenvalue weighted by Gasteiger charge is -2.17. The van der Waals surface area contributed by atoms with Crippen molar-refractivity contribution in [2.45, 2.75) is 12.0 Å². The van der Waals surface area contributed by atoms with Crippen LogP contribution in [0, 0.1) is 5.92 Å². The molecule has 3 saturated heterocycles. The van der Waals surface area contributed by atoms with E-state index in [1.54, 1.807) is 0 Å². The molecule has 2 bridgehead atoms. The molecular formula is C7H11NO. The molecular weight excluding hydrogens is 114 g/mol. The van der Waals surface area contributed by atoms with Crippen LogP contribution < -0.4 is 0 Å². The monoisotopic (exact) mass is 125 g/mol. The highest BCUT2D eigenvalue weighted by molar-refractivity contribution is 5.10. The van der Waals surface area contributed by atoms with Crippen LogP contribution in [0.15, 0.2) is 0 Å². The van der Waals surface area contributed by atoms with Crippen molar-refractivity contribution >= 4 is 0 Å². The van der Waals surface area contributed by atoms with E-state index in [-0.39, 0.29) is 0 Å². The van der Waals surface area contributed by atoms with Gasteiger partial charge in [0.1, 0.15) is 5.60 Å². The zero-order valence-corrected chi connectivity index (χ0v) is 5.47. The molecule has 0 saturated carbocycles. The second kappa shape index (κ2) is 1.18. The van der Waals surface area contributed by atoms with Gasteiger partial charge in [0.05, 0.1) is 6.61 Å². The van der Waals surface area contributed by atoms with Gasteiger partial charge in [-0.2, -0.15) is 0 Å². The molecule has 0 aromatic carbocycles. The lowest BCUT2D eigenvalue weighted by Crippen LogP contribution is -2.30. The summed E-state index contributed by atoms with van der Waals surface area (Å²) in [5, 5.41) is 0. The SMILES string of the molecule is C1CN2C[C@H]1[C@]1(CO1)C2. The molecule has 0 N–H and O–H groups in total. The summed E-state index contributed by atoms with van der Waals surface area (Å²) < 4.78 is 5.45. The summed E-state index contributed by atoms with van der Waals surface area (Å²) in [5.41, 5.74) is 0.387. The van der Waals surface area contributed by atoms with Crippen molar-refractivity contribution in [1.82, 2.24) is 4.90 Å². The zero-order chi connectivity index (χ0) is 5.90. The van der Waals surface area contributed by atoms with E-state index in [2.05, 4.69) is 4.90 Å². The first-order chi connectivity index (χ1) is 4.39. The van der Waals surface area contributed by atoms with E-state index in [9.17, 15) is 0 Å². The Morgan fingerprint density at radius 3 is 2.78 bits per heavy atom. The van der Waals surface area contributed by atoms with Crippen LogP contribution in [0.5, 0.6) is 0 Å². The highest BCUT2D eigenvalue weighted by atomic mass is 16.6. The lowest BCUT2D eigenvalue weighted by atomic mass is 9.93. The van der Waals surface area contributed by atoms with Crippen LogP contribution in [0.2, 0.25) is 0 Å². The first-order valence-corrected chi connectivity index (χ1v) is 3.75. The Hall–Kier alpha value is -0.0800. The zero-order valence-electron chi connectivity index (χ0n) is 5.47. The molecule has 3 rings (SSSR count). The minimum absolute atomic E-state index is 0.387. The summed E-state index contributed by atoms with van der Waals surface area (Å²) in [4.78, 5) is 2.53. The van der Waals surface area contributed by atoms with Crippen LogP contribution in [0.3, 0.4) is 0 Å². The fraction of sp³-hybridized carbons (Fsp3) is 1.00. The van der Waals surface area contributed by atoms with Gasteiger partial charge in [0.2, 0.25) is 0 Å². The molecule has 3 atom stereocenters. The molecule has 3 aliphatic rings. The van der Waals surface area contributed by atoms with Gasteiger partial charge in [-0.05, 0) is 13.0 Å². The molecule has 3 fully saturated rings. The summed E-state index contributed by atoms with van der Waals surface area (Å²) >= 11 is 0. The molecule has 50 valence electrons. The van der Waals surface area contributed by atoms with Gasteiger partial charge in [-0.15, -0.1) is 0 Å². The predicted octanol–water partition coefficient (Wildman–Crippen LogP) is 0.0909. The third-order valence-corrected chi connectivity index (χ3v) is 3.02. The summed E-state index contributed by atoms with van der Waals surface area (Å²) in [6.45, 7) is 4.93. The Morgan fingerprint density at radius 1 is 1.56 bits per heavy atom. The van der Waals surface area contributed by atoms with Crippen molar-refractivity contribution in [3.8, 4) is 0 Å². The number of nitrogens with zero attached hydrogens (tertiary/aromatic N) is 1. The second-order valence-corrected chi connectivity index (χ2v) is 3.57. The van der Waals surface area contributed by atoms with Gasteiger partial charge in [-0.1, -0.05) is 0 Å². The van der Waals surface area contributed by atoms with Gasteiger partial charge in [0.15, 0.2) is 0 Å². The van der Waals surface area contributed by atoms with Crippen molar-refractivity contribution in [3.05, 3.63) is 0 Å². The standard InChI is InChI=1S/C7H11NO/c1-2-8-3-6(1)7(4-8)5-9-7/h6H,1-5H2/t6-,7+/m0/s1. The van der Waals surface area contributed by atoms with Crippen molar-refractivity contribution in [2.75, 3.05) is 26.2 Å². The highest BCUT2D eigenvalue weighted by Gasteiger charge is 2.59. The van der Waals surface area contributed by atoms with Gasteiger partial charge in [0.25, 0.3) is 0 Å². The third kappa shape index (κ3) is 0.447. The molecule has 3 heterocycles. The van der Waals surface area contributed by atoms with Gasteiger partial charge in [0, 0.05) is 19.0 Å². The van der Waals surface area contributed by atoms with Gasteiger partial charge in [-0.25, -0.2) is 0 Å². The Labute approximate surface area is 54.8 Å². The average Bonchev–Trinajstić information content (AvgIpc) is 2.40. The summed E-state index contributed by atoms with van der Waals surface area (Å²) in [6, 6.07) is 0. The van der Waals surface area contributed by atoms with E-state index in [1.165, 1.54) is 26.1 Å². The Bertz CT molecular complexity index is 153. The molecule has 3 aliphatic heterocycles. The Kier molecular flexibility index (Phi) is 0.616. The molecule has 0 aromatic rings. The van der Waals surface area contributed by atoms with E-state index < -0.39 is 0 Å². The average molecular weight is 125 g/mol. The number of hydrogen-bond donors (Lipinski definition) is 0. The molecule has 1 unspecified atom stereocenters. The van der Waals surface area contributed by atoms with Crippen molar-refractivity contribution in [1.29, 1.82) is 0 Å². The number of epoxide rings is 1. The Morgan fingerprint density at radius 2 is 2.44 bits per heavy atom. The van der Waals surface area contributed by atoms with Crippen LogP contribution in [-0.2, 0) is 4.74 Å². The number of piperidine rings is 1. The van der Waals surface area contributed by atoms with E-state index in [4.69, 9.17) is 4.74 Å². The maximum absolute atomic E-state index is 5.45. The fourth-order valence-corrected chi connectivity index (χ4v) is 2.33. The third-order valence-electron chi connectivity index (χ3n) is 3.02. The van der Waals surface area contributed by atoms with E-state index >= 15 is 0 Å². The predicted molar refractivity (Wildman–Crippen MR) is 33.2 cm³/mol. The van der Waals surface area contributed by atoms with Crippen LogP contribution in [0.25, 0.3) is 0 Å². The number of rotatable bonds is 0. The molecule has 0 amide bonds. The van der Waals surface area contributed by atoms with Crippen molar-refractivity contribution < 1.29 is 4.74 Å². The maximum Gasteiger partial charge on any atom is 0.108 e. The Balaban J connectivity index is 1.96. The van der Waals surface area contributed by atoms with Crippen LogP contribution >= 0.6 is 0 Å². The molecule has 2 heteroatoms. The van der Waals surface area contributed by atoms with Gasteiger partial charge >= 0.3 is 0 Å². The van der Waals surface area contributed by atoms with Crippen molar-refractivity contribution in [3.63, 3.8) is 0 Å².